The van der Waals surface area contributed by atoms with Gasteiger partial charge in [0.2, 0.25) is 0 Å². The van der Waals surface area contributed by atoms with Crippen LogP contribution < -0.4 is 0 Å². The van der Waals surface area contributed by atoms with Gasteiger partial charge in [-0.1, -0.05) is 29.4 Å². The average Bonchev–Trinajstić information content (AvgIpc) is 2.27. The summed E-state index contributed by atoms with van der Waals surface area (Å²) in [5.74, 6) is 0. The molecule has 1 heterocycles. The summed E-state index contributed by atoms with van der Waals surface area (Å²) in [7, 11) is 0. The Hall–Kier alpha value is -1.64. The van der Waals surface area contributed by atoms with Crippen molar-refractivity contribution in [3.8, 4) is 0 Å². The van der Waals surface area contributed by atoms with Crippen molar-refractivity contribution in [2.75, 3.05) is 6.54 Å². The standard InChI is InChI=1S/C11H12N2O/c1-8(13-14)11-10-5-3-2-4-9(10)6-7-12-11/h2-5,14H,6-7H2,1H3/b13-8+. The molecular formula is C11H12N2O. The van der Waals surface area contributed by atoms with Gasteiger partial charge in [-0.15, -0.1) is 0 Å². The first-order chi connectivity index (χ1) is 6.83. The van der Waals surface area contributed by atoms with Gasteiger partial charge in [0.25, 0.3) is 0 Å². The van der Waals surface area contributed by atoms with E-state index < -0.39 is 0 Å². The van der Waals surface area contributed by atoms with Crippen LogP contribution in [0.4, 0.5) is 0 Å². The molecule has 0 unspecified atom stereocenters. The summed E-state index contributed by atoms with van der Waals surface area (Å²) < 4.78 is 0. The molecule has 0 saturated heterocycles. The van der Waals surface area contributed by atoms with Crippen molar-refractivity contribution in [3.63, 3.8) is 0 Å². The maximum absolute atomic E-state index is 8.72. The second-order valence-electron chi connectivity index (χ2n) is 3.32. The summed E-state index contributed by atoms with van der Waals surface area (Å²) >= 11 is 0. The molecule has 3 heteroatoms. The minimum atomic E-state index is 0.581. The zero-order chi connectivity index (χ0) is 9.97. The number of benzene rings is 1. The van der Waals surface area contributed by atoms with Gasteiger partial charge in [0, 0.05) is 12.1 Å². The van der Waals surface area contributed by atoms with Gasteiger partial charge in [-0.25, -0.2) is 0 Å². The molecule has 1 aromatic carbocycles. The highest BCUT2D eigenvalue weighted by Gasteiger charge is 2.15. The maximum Gasteiger partial charge on any atom is 0.102 e. The van der Waals surface area contributed by atoms with Crippen LogP contribution in [0.2, 0.25) is 0 Å². The van der Waals surface area contributed by atoms with E-state index in [0.29, 0.717) is 5.71 Å². The highest BCUT2D eigenvalue weighted by molar-refractivity contribution is 6.48. The number of aliphatic imine (C=N–C) groups is 1. The van der Waals surface area contributed by atoms with E-state index in [9.17, 15) is 0 Å². The number of hydrogen-bond donors (Lipinski definition) is 1. The summed E-state index contributed by atoms with van der Waals surface area (Å²) in [6.07, 6.45) is 0.971. The van der Waals surface area contributed by atoms with E-state index in [0.717, 1.165) is 24.2 Å². The van der Waals surface area contributed by atoms with Gasteiger partial charge >= 0.3 is 0 Å². The molecule has 72 valence electrons. The number of oxime groups is 1. The van der Waals surface area contributed by atoms with Crippen molar-refractivity contribution in [2.24, 2.45) is 10.1 Å². The summed E-state index contributed by atoms with van der Waals surface area (Å²) in [6, 6.07) is 8.11. The third-order valence-corrected chi connectivity index (χ3v) is 2.42. The Balaban J connectivity index is 2.50. The van der Waals surface area contributed by atoms with Crippen molar-refractivity contribution in [1.82, 2.24) is 0 Å². The van der Waals surface area contributed by atoms with Crippen molar-refractivity contribution in [1.29, 1.82) is 0 Å². The summed E-state index contributed by atoms with van der Waals surface area (Å²) in [5.41, 5.74) is 3.76. The second kappa shape index (κ2) is 3.62. The lowest BCUT2D eigenvalue weighted by atomic mass is 9.96. The molecule has 0 aromatic heterocycles. The van der Waals surface area contributed by atoms with Crippen LogP contribution in [0.15, 0.2) is 34.4 Å². The lowest BCUT2D eigenvalue weighted by Crippen LogP contribution is -2.19. The van der Waals surface area contributed by atoms with Gasteiger partial charge in [-0.2, -0.15) is 0 Å². The van der Waals surface area contributed by atoms with E-state index in [1.54, 1.807) is 6.92 Å². The van der Waals surface area contributed by atoms with Gasteiger partial charge < -0.3 is 5.21 Å². The molecule has 0 saturated carbocycles. The Labute approximate surface area is 82.8 Å². The zero-order valence-corrected chi connectivity index (χ0v) is 8.07. The number of fused-ring (bicyclic) bond motifs is 1. The fourth-order valence-corrected chi connectivity index (χ4v) is 1.70. The minimum absolute atomic E-state index is 0.581. The van der Waals surface area contributed by atoms with Crippen LogP contribution in [0.5, 0.6) is 0 Å². The third-order valence-electron chi connectivity index (χ3n) is 2.42. The molecule has 2 rings (SSSR count). The van der Waals surface area contributed by atoms with Gasteiger partial charge in [-0.3, -0.25) is 4.99 Å². The van der Waals surface area contributed by atoms with Crippen LogP contribution in [0.3, 0.4) is 0 Å². The van der Waals surface area contributed by atoms with Crippen molar-refractivity contribution < 1.29 is 5.21 Å². The van der Waals surface area contributed by atoms with Gasteiger partial charge in [0.1, 0.15) is 5.71 Å². The molecule has 0 atom stereocenters. The predicted octanol–water partition coefficient (Wildman–Crippen LogP) is 1.88. The zero-order valence-electron chi connectivity index (χ0n) is 8.07. The Morgan fingerprint density at radius 3 is 3.00 bits per heavy atom. The highest BCUT2D eigenvalue weighted by Crippen LogP contribution is 2.16. The van der Waals surface area contributed by atoms with E-state index >= 15 is 0 Å². The molecule has 0 amide bonds. The lowest BCUT2D eigenvalue weighted by molar-refractivity contribution is 0.320. The highest BCUT2D eigenvalue weighted by atomic mass is 16.4. The number of hydrogen-bond acceptors (Lipinski definition) is 3. The predicted molar refractivity (Wildman–Crippen MR) is 56.4 cm³/mol. The van der Waals surface area contributed by atoms with Gasteiger partial charge in [0.05, 0.1) is 5.71 Å². The molecule has 3 nitrogen and oxygen atoms in total. The number of nitrogens with zero attached hydrogens (tertiary/aromatic N) is 2. The van der Waals surface area contributed by atoms with E-state index in [2.05, 4.69) is 16.2 Å². The van der Waals surface area contributed by atoms with Crippen LogP contribution in [0.1, 0.15) is 18.1 Å². The largest absolute Gasteiger partial charge is 0.411 e. The Morgan fingerprint density at radius 1 is 1.43 bits per heavy atom. The summed E-state index contributed by atoms with van der Waals surface area (Å²) in [4.78, 5) is 4.37. The van der Waals surface area contributed by atoms with Crippen molar-refractivity contribution in [2.45, 2.75) is 13.3 Å². The molecular weight excluding hydrogens is 176 g/mol. The van der Waals surface area contributed by atoms with Crippen LogP contribution in [0.25, 0.3) is 0 Å². The van der Waals surface area contributed by atoms with Gasteiger partial charge in [0.15, 0.2) is 0 Å². The van der Waals surface area contributed by atoms with E-state index in [4.69, 9.17) is 5.21 Å². The molecule has 1 N–H and O–H groups in total. The smallest absolute Gasteiger partial charge is 0.102 e. The first-order valence-electron chi connectivity index (χ1n) is 4.64. The molecule has 0 fully saturated rings. The van der Waals surface area contributed by atoms with E-state index in [-0.39, 0.29) is 0 Å². The monoisotopic (exact) mass is 188 g/mol. The van der Waals surface area contributed by atoms with Gasteiger partial charge in [-0.05, 0) is 18.9 Å². The minimum Gasteiger partial charge on any atom is -0.411 e. The fraction of sp³-hybridized carbons (Fsp3) is 0.273. The fourth-order valence-electron chi connectivity index (χ4n) is 1.70. The molecule has 1 aromatic rings. The molecule has 0 bridgehead atoms. The second-order valence-corrected chi connectivity index (χ2v) is 3.32. The Bertz CT molecular complexity index is 408. The maximum atomic E-state index is 8.72. The van der Waals surface area contributed by atoms with E-state index in [1.165, 1.54) is 5.56 Å². The third kappa shape index (κ3) is 1.41. The topological polar surface area (TPSA) is 45.0 Å². The average molecular weight is 188 g/mol. The molecule has 1 aliphatic heterocycles. The Kier molecular flexibility index (Phi) is 2.31. The molecule has 0 radical (unpaired) electrons. The van der Waals surface area contributed by atoms with Crippen LogP contribution >= 0.6 is 0 Å². The van der Waals surface area contributed by atoms with E-state index in [1.807, 2.05) is 18.2 Å². The SMILES string of the molecule is C/C(=N\O)C1=NCCc2ccccc21. The summed E-state index contributed by atoms with van der Waals surface area (Å²) in [6.45, 7) is 2.54. The molecule has 0 aliphatic carbocycles. The number of rotatable bonds is 1. The quantitative estimate of drug-likeness (QED) is 0.408. The normalized spacial score (nSPS) is 16.1. The van der Waals surface area contributed by atoms with Crippen LogP contribution in [-0.2, 0) is 6.42 Å². The first-order valence-corrected chi connectivity index (χ1v) is 4.64. The lowest BCUT2D eigenvalue weighted by Gasteiger charge is -2.15. The van der Waals surface area contributed by atoms with Crippen LogP contribution in [-0.4, -0.2) is 23.2 Å². The van der Waals surface area contributed by atoms with Crippen molar-refractivity contribution >= 4 is 11.4 Å². The van der Waals surface area contributed by atoms with Crippen LogP contribution in [0, 0.1) is 0 Å². The Morgan fingerprint density at radius 2 is 2.21 bits per heavy atom. The van der Waals surface area contributed by atoms with Crippen molar-refractivity contribution in [3.05, 3.63) is 35.4 Å². The molecule has 14 heavy (non-hydrogen) atoms. The molecule has 1 aliphatic rings. The first kappa shape index (κ1) is 8.94. The summed E-state index contributed by atoms with van der Waals surface area (Å²) in [5, 5.41) is 11.9. The molecule has 0 spiro atoms.